The molecular weight excluding hydrogens is 238 g/mol. The molecule has 0 aromatic heterocycles. The SMILES string of the molecule is CCc1ccc(C(=O)O)c(-c2ccc(C#N)cc2)c1. The van der Waals surface area contributed by atoms with E-state index in [0.717, 1.165) is 17.5 Å². The summed E-state index contributed by atoms with van der Waals surface area (Å²) in [5.74, 6) is -0.943. The van der Waals surface area contributed by atoms with Gasteiger partial charge >= 0.3 is 5.97 Å². The van der Waals surface area contributed by atoms with Crippen LogP contribution in [-0.4, -0.2) is 11.1 Å². The van der Waals surface area contributed by atoms with Crippen LogP contribution in [0.1, 0.15) is 28.4 Å². The lowest BCUT2D eigenvalue weighted by atomic mass is 9.96. The van der Waals surface area contributed by atoms with Gasteiger partial charge in [0.05, 0.1) is 17.2 Å². The fraction of sp³-hybridized carbons (Fsp3) is 0.125. The first kappa shape index (κ1) is 12.8. The largest absolute Gasteiger partial charge is 0.478 e. The maximum absolute atomic E-state index is 11.3. The molecule has 3 heteroatoms. The summed E-state index contributed by atoms with van der Waals surface area (Å²) in [6, 6.07) is 14.3. The topological polar surface area (TPSA) is 61.1 Å². The molecule has 0 saturated carbocycles. The highest BCUT2D eigenvalue weighted by Crippen LogP contribution is 2.26. The minimum atomic E-state index is -0.943. The quantitative estimate of drug-likeness (QED) is 0.908. The Kier molecular flexibility index (Phi) is 3.63. The Bertz CT molecular complexity index is 651. The first-order chi connectivity index (χ1) is 9.15. The Morgan fingerprint density at radius 3 is 2.42 bits per heavy atom. The van der Waals surface area contributed by atoms with Crippen molar-refractivity contribution in [3.8, 4) is 17.2 Å². The summed E-state index contributed by atoms with van der Waals surface area (Å²) in [6.07, 6.45) is 0.850. The number of aromatic carboxylic acids is 1. The fourth-order valence-electron chi connectivity index (χ4n) is 1.96. The number of carboxylic acids is 1. The minimum Gasteiger partial charge on any atom is -0.478 e. The molecular formula is C16H13NO2. The smallest absolute Gasteiger partial charge is 0.336 e. The van der Waals surface area contributed by atoms with Gasteiger partial charge in [-0.25, -0.2) is 4.79 Å². The van der Waals surface area contributed by atoms with Crippen molar-refractivity contribution in [3.63, 3.8) is 0 Å². The predicted octanol–water partition coefficient (Wildman–Crippen LogP) is 3.49. The molecule has 0 unspecified atom stereocenters. The summed E-state index contributed by atoms with van der Waals surface area (Å²) in [6.45, 7) is 2.03. The van der Waals surface area contributed by atoms with E-state index in [1.807, 2.05) is 25.1 Å². The Morgan fingerprint density at radius 2 is 1.89 bits per heavy atom. The standard InChI is InChI=1S/C16H13NO2/c1-2-11-5-8-14(16(18)19)15(9-11)13-6-3-12(10-17)4-7-13/h3-9H,2H2,1H3,(H,18,19). The number of benzene rings is 2. The highest BCUT2D eigenvalue weighted by molar-refractivity contribution is 5.96. The maximum atomic E-state index is 11.3. The second kappa shape index (κ2) is 5.36. The van der Waals surface area contributed by atoms with Crippen molar-refractivity contribution in [2.45, 2.75) is 13.3 Å². The summed E-state index contributed by atoms with van der Waals surface area (Å²) in [5.41, 5.74) is 3.43. The van der Waals surface area contributed by atoms with Crippen molar-refractivity contribution >= 4 is 5.97 Å². The Labute approximate surface area is 111 Å². The zero-order valence-corrected chi connectivity index (χ0v) is 10.6. The van der Waals surface area contributed by atoms with E-state index in [1.54, 1.807) is 30.3 Å². The van der Waals surface area contributed by atoms with E-state index in [1.165, 1.54) is 0 Å². The lowest BCUT2D eigenvalue weighted by Crippen LogP contribution is -2.00. The van der Waals surface area contributed by atoms with Crippen LogP contribution in [0.15, 0.2) is 42.5 Å². The summed E-state index contributed by atoms with van der Waals surface area (Å²) >= 11 is 0. The minimum absolute atomic E-state index is 0.280. The van der Waals surface area contributed by atoms with Gasteiger partial charge in [-0.2, -0.15) is 5.26 Å². The monoisotopic (exact) mass is 251 g/mol. The average molecular weight is 251 g/mol. The Balaban J connectivity index is 2.58. The van der Waals surface area contributed by atoms with E-state index < -0.39 is 5.97 Å². The van der Waals surface area contributed by atoms with E-state index in [2.05, 4.69) is 0 Å². The number of carbonyl (C=O) groups is 1. The second-order valence-corrected chi connectivity index (χ2v) is 4.23. The number of nitrogens with zero attached hydrogens (tertiary/aromatic N) is 1. The van der Waals surface area contributed by atoms with Gasteiger partial charge in [0.15, 0.2) is 0 Å². The molecule has 19 heavy (non-hydrogen) atoms. The lowest BCUT2D eigenvalue weighted by molar-refractivity contribution is 0.0697. The third kappa shape index (κ3) is 2.63. The van der Waals surface area contributed by atoms with Crippen molar-refractivity contribution in [2.75, 3.05) is 0 Å². The van der Waals surface area contributed by atoms with Crippen LogP contribution in [-0.2, 0) is 6.42 Å². The number of nitriles is 1. The number of hydrogen-bond donors (Lipinski definition) is 1. The summed E-state index contributed by atoms with van der Waals surface area (Å²) in [5, 5.41) is 18.0. The fourth-order valence-corrected chi connectivity index (χ4v) is 1.96. The highest BCUT2D eigenvalue weighted by Gasteiger charge is 2.12. The molecule has 0 fully saturated rings. The van der Waals surface area contributed by atoms with Crippen LogP contribution < -0.4 is 0 Å². The van der Waals surface area contributed by atoms with Gasteiger partial charge in [-0.3, -0.25) is 0 Å². The molecule has 2 aromatic carbocycles. The zero-order valence-electron chi connectivity index (χ0n) is 10.6. The normalized spacial score (nSPS) is 9.89. The highest BCUT2D eigenvalue weighted by atomic mass is 16.4. The molecule has 0 heterocycles. The molecule has 0 saturated heterocycles. The Hall–Kier alpha value is -2.60. The molecule has 0 amide bonds. The van der Waals surface area contributed by atoms with Gasteiger partial charge in [-0.1, -0.05) is 31.2 Å². The van der Waals surface area contributed by atoms with Gasteiger partial charge in [0.1, 0.15) is 0 Å². The van der Waals surface area contributed by atoms with Crippen LogP contribution >= 0.6 is 0 Å². The van der Waals surface area contributed by atoms with Gasteiger partial charge in [0.25, 0.3) is 0 Å². The van der Waals surface area contributed by atoms with E-state index in [-0.39, 0.29) is 5.56 Å². The first-order valence-corrected chi connectivity index (χ1v) is 6.02. The molecule has 0 bridgehead atoms. The molecule has 0 aliphatic heterocycles. The summed E-state index contributed by atoms with van der Waals surface area (Å²) in [4.78, 5) is 11.3. The van der Waals surface area contributed by atoms with Crippen molar-refractivity contribution in [2.24, 2.45) is 0 Å². The number of rotatable bonds is 3. The van der Waals surface area contributed by atoms with Gasteiger partial charge < -0.3 is 5.11 Å². The molecule has 2 aromatic rings. The van der Waals surface area contributed by atoms with Crippen molar-refractivity contribution < 1.29 is 9.90 Å². The van der Waals surface area contributed by atoms with Crippen molar-refractivity contribution in [3.05, 3.63) is 59.2 Å². The zero-order chi connectivity index (χ0) is 13.8. The number of carboxylic acid groups (broad SMARTS) is 1. The van der Waals surface area contributed by atoms with Crippen molar-refractivity contribution in [1.29, 1.82) is 5.26 Å². The summed E-state index contributed by atoms with van der Waals surface area (Å²) in [7, 11) is 0. The summed E-state index contributed by atoms with van der Waals surface area (Å²) < 4.78 is 0. The third-order valence-corrected chi connectivity index (χ3v) is 3.05. The number of aryl methyl sites for hydroxylation is 1. The van der Waals surface area contributed by atoms with E-state index in [4.69, 9.17) is 5.26 Å². The van der Waals surface area contributed by atoms with E-state index in [0.29, 0.717) is 11.1 Å². The maximum Gasteiger partial charge on any atom is 0.336 e. The molecule has 0 atom stereocenters. The van der Waals surface area contributed by atoms with Gasteiger partial charge in [-0.15, -0.1) is 0 Å². The molecule has 3 nitrogen and oxygen atoms in total. The Morgan fingerprint density at radius 1 is 1.21 bits per heavy atom. The van der Waals surface area contributed by atoms with Crippen LogP contribution in [0.4, 0.5) is 0 Å². The van der Waals surface area contributed by atoms with Gasteiger partial charge in [0, 0.05) is 0 Å². The van der Waals surface area contributed by atoms with Crippen molar-refractivity contribution in [1.82, 2.24) is 0 Å². The average Bonchev–Trinajstić information content (AvgIpc) is 2.46. The molecule has 0 aliphatic rings. The molecule has 0 radical (unpaired) electrons. The van der Waals surface area contributed by atoms with Crippen LogP contribution in [0.25, 0.3) is 11.1 Å². The van der Waals surface area contributed by atoms with Crippen LogP contribution in [0.2, 0.25) is 0 Å². The molecule has 0 spiro atoms. The first-order valence-electron chi connectivity index (χ1n) is 6.02. The predicted molar refractivity (Wildman–Crippen MR) is 72.9 cm³/mol. The van der Waals surface area contributed by atoms with Gasteiger partial charge in [-0.05, 0) is 41.3 Å². The van der Waals surface area contributed by atoms with Gasteiger partial charge in [0.2, 0.25) is 0 Å². The number of hydrogen-bond acceptors (Lipinski definition) is 2. The molecule has 0 aliphatic carbocycles. The van der Waals surface area contributed by atoms with E-state index >= 15 is 0 Å². The van der Waals surface area contributed by atoms with Crippen LogP contribution in [0, 0.1) is 11.3 Å². The third-order valence-electron chi connectivity index (χ3n) is 3.05. The van der Waals surface area contributed by atoms with Crippen LogP contribution in [0.5, 0.6) is 0 Å². The van der Waals surface area contributed by atoms with Crippen LogP contribution in [0.3, 0.4) is 0 Å². The lowest BCUT2D eigenvalue weighted by Gasteiger charge is -2.08. The second-order valence-electron chi connectivity index (χ2n) is 4.23. The van der Waals surface area contributed by atoms with E-state index in [9.17, 15) is 9.90 Å². The molecule has 1 N–H and O–H groups in total. The molecule has 94 valence electrons. The molecule has 2 rings (SSSR count).